The Bertz CT molecular complexity index is 1750. The molecule has 0 saturated heterocycles. The number of benzene rings is 4. The van der Waals surface area contributed by atoms with E-state index in [0.717, 1.165) is 57.1 Å². The summed E-state index contributed by atoms with van der Waals surface area (Å²) in [7, 11) is 0. The van der Waals surface area contributed by atoms with Gasteiger partial charge in [0.05, 0.1) is 11.6 Å². The lowest BCUT2D eigenvalue weighted by Gasteiger charge is -2.27. The van der Waals surface area contributed by atoms with Crippen LogP contribution >= 0.6 is 0 Å². The summed E-state index contributed by atoms with van der Waals surface area (Å²) in [5.41, 5.74) is 6.57. The standard InChI is InChI=1S/C34H29N3/c1-3-21-36-22-30(28-13-7-9-15-32(28)36)34(24-35,26-11-5-4-6-12-26)31-23-37(27-19-17-25(2)18-20-27)33-16-10-8-14-29(31)33/h4-20,22-23H,3,21H2,1-2H3/t34-/m1/s1. The number of rotatable bonds is 6. The summed E-state index contributed by atoms with van der Waals surface area (Å²) >= 11 is 0. The summed E-state index contributed by atoms with van der Waals surface area (Å²) in [5, 5.41) is 13.4. The van der Waals surface area contributed by atoms with Crippen LogP contribution in [0.5, 0.6) is 0 Å². The van der Waals surface area contributed by atoms with Crippen molar-refractivity contribution >= 4 is 21.8 Å². The van der Waals surface area contributed by atoms with Crippen molar-refractivity contribution in [3.63, 3.8) is 0 Å². The van der Waals surface area contributed by atoms with Gasteiger partial charge < -0.3 is 9.13 Å². The molecule has 0 radical (unpaired) electrons. The molecule has 0 saturated carbocycles. The van der Waals surface area contributed by atoms with Gasteiger partial charge in [-0.15, -0.1) is 0 Å². The molecule has 6 aromatic rings. The van der Waals surface area contributed by atoms with Gasteiger partial charge in [0, 0.05) is 52.0 Å². The van der Waals surface area contributed by atoms with E-state index in [-0.39, 0.29) is 0 Å². The molecule has 0 aliphatic carbocycles. The number of aromatic nitrogens is 2. The molecular formula is C34H29N3. The van der Waals surface area contributed by atoms with Crippen LogP contribution in [0.25, 0.3) is 27.5 Å². The minimum atomic E-state index is -0.991. The van der Waals surface area contributed by atoms with Crippen molar-refractivity contribution in [2.45, 2.75) is 32.2 Å². The van der Waals surface area contributed by atoms with Crippen LogP contribution in [0, 0.1) is 18.3 Å². The summed E-state index contributed by atoms with van der Waals surface area (Å²) < 4.78 is 4.53. The number of aryl methyl sites for hydroxylation is 2. The molecule has 1 atom stereocenters. The highest BCUT2D eigenvalue weighted by Gasteiger charge is 2.41. The first-order chi connectivity index (χ1) is 18.2. The minimum Gasteiger partial charge on any atom is -0.347 e. The SMILES string of the molecule is CCCn1cc([C@@](C#N)(c2ccccc2)c2cn(-c3ccc(C)cc3)c3ccccc23)c2ccccc21. The Kier molecular flexibility index (Phi) is 5.66. The maximum Gasteiger partial charge on any atom is 0.136 e. The van der Waals surface area contributed by atoms with Gasteiger partial charge in [-0.05, 0) is 43.2 Å². The molecule has 0 fully saturated rings. The number of nitriles is 1. The molecule has 2 heterocycles. The highest BCUT2D eigenvalue weighted by Crippen LogP contribution is 2.46. The van der Waals surface area contributed by atoms with E-state index in [1.165, 1.54) is 5.56 Å². The Labute approximate surface area is 217 Å². The number of hydrogen-bond donors (Lipinski definition) is 0. The molecule has 3 heteroatoms. The van der Waals surface area contributed by atoms with Crippen molar-refractivity contribution in [3.8, 4) is 11.8 Å². The molecule has 0 amide bonds. The van der Waals surface area contributed by atoms with Gasteiger partial charge in [0.15, 0.2) is 0 Å². The van der Waals surface area contributed by atoms with E-state index < -0.39 is 5.41 Å². The average Bonchev–Trinajstić information content (AvgIpc) is 3.51. The normalized spacial score (nSPS) is 13.0. The number of hydrogen-bond acceptors (Lipinski definition) is 1. The van der Waals surface area contributed by atoms with Gasteiger partial charge in [0.25, 0.3) is 0 Å². The predicted molar refractivity (Wildman–Crippen MR) is 152 cm³/mol. The zero-order chi connectivity index (χ0) is 25.4. The lowest BCUT2D eigenvalue weighted by Crippen LogP contribution is -2.27. The molecule has 0 aliphatic rings. The average molecular weight is 480 g/mol. The van der Waals surface area contributed by atoms with Gasteiger partial charge in [0.2, 0.25) is 0 Å². The van der Waals surface area contributed by atoms with Crippen LogP contribution < -0.4 is 0 Å². The van der Waals surface area contributed by atoms with Crippen molar-refractivity contribution in [2.24, 2.45) is 0 Å². The van der Waals surface area contributed by atoms with Crippen molar-refractivity contribution in [1.29, 1.82) is 5.26 Å². The predicted octanol–water partition coefficient (Wildman–Crippen LogP) is 8.16. The summed E-state index contributed by atoms with van der Waals surface area (Å²) in [4.78, 5) is 0. The molecule has 0 N–H and O–H groups in total. The highest BCUT2D eigenvalue weighted by atomic mass is 15.0. The minimum absolute atomic E-state index is 0.905. The molecule has 0 bridgehead atoms. The molecule has 180 valence electrons. The summed E-state index contributed by atoms with van der Waals surface area (Å²) in [6, 6.07) is 38.6. The molecule has 0 unspecified atom stereocenters. The third-order valence-electron chi connectivity index (χ3n) is 7.46. The Balaban J connectivity index is 1.74. The molecule has 4 aromatic carbocycles. The van der Waals surface area contributed by atoms with E-state index in [4.69, 9.17) is 0 Å². The van der Waals surface area contributed by atoms with Gasteiger partial charge in [0.1, 0.15) is 5.41 Å². The van der Waals surface area contributed by atoms with Gasteiger partial charge in [-0.1, -0.05) is 91.3 Å². The van der Waals surface area contributed by atoms with Crippen LogP contribution in [0.4, 0.5) is 0 Å². The largest absolute Gasteiger partial charge is 0.347 e. The van der Waals surface area contributed by atoms with E-state index in [2.05, 4.69) is 126 Å². The Morgan fingerprint density at radius 2 is 1.30 bits per heavy atom. The zero-order valence-corrected chi connectivity index (χ0v) is 21.2. The Morgan fingerprint density at radius 3 is 1.97 bits per heavy atom. The molecule has 3 nitrogen and oxygen atoms in total. The summed E-state index contributed by atoms with van der Waals surface area (Å²) in [5.74, 6) is 0. The first-order valence-corrected chi connectivity index (χ1v) is 12.9. The lowest BCUT2D eigenvalue weighted by molar-refractivity contribution is 0.694. The van der Waals surface area contributed by atoms with Crippen LogP contribution in [0.1, 0.15) is 35.6 Å². The van der Waals surface area contributed by atoms with Crippen molar-refractivity contribution in [1.82, 2.24) is 9.13 Å². The van der Waals surface area contributed by atoms with Gasteiger partial charge in [-0.2, -0.15) is 5.26 Å². The van der Waals surface area contributed by atoms with E-state index in [0.29, 0.717) is 0 Å². The van der Waals surface area contributed by atoms with Crippen molar-refractivity contribution in [3.05, 3.63) is 138 Å². The Hall–Kier alpha value is -4.55. The second kappa shape index (κ2) is 9.15. The zero-order valence-electron chi connectivity index (χ0n) is 21.2. The molecular weight excluding hydrogens is 450 g/mol. The van der Waals surface area contributed by atoms with Crippen LogP contribution in [-0.4, -0.2) is 9.13 Å². The van der Waals surface area contributed by atoms with Crippen molar-refractivity contribution < 1.29 is 0 Å². The van der Waals surface area contributed by atoms with Crippen LogP contribution in [0.2, 0.25) is 0 Å². The van der Waals surface area contributed by atoms with E-state index in [1.807, 2.05) is 18.2 Å². The topological polar surface area (TPSA) is 33.6 Å². The monoisotopic (exact) mass is 479 g/mol. The summed E-state index contributed by atoms with van der Waals surface area (Å²) in [6.45, 7) is 5.20. The fourth-order valence-corrected chi connectivity index (χ4v) is 5.70. The molecule has 2 aromatic heterocycles. The number of para-hydroxylation sites is 2. The van der Waals surface area contributed by atoms with Crippen LogP contribution in [-0.2, 0) is 12.0 Å². The third-order valence-corrected chi connectivity index (χ3v) is 7.46. The smallest absolute Gasteiger partial charge is 0.136 e. The maximum absolute atomic E-state index is 11.2. The fourth-order valence-electron chi connectivity index (χ4n) is 5.70. The Morgan fingerprint density at radius 1 is 0.703 bits per heavy atom. The quantitative estimate of drug-likeness (QED) is 0.237. The first-order valence-electron chi connectivity index (χ1n) is 12.9. The third kappa shape index (κ3) is 3.57. The second-order valence-electron chi connectivity index (χ2n) is 9.75. The van der Waals surface area contributed by atoms with Crippen molar-refractivity contribution in [2.75, 3.05) is 0 Å². The fraction of sp³-hybridized carbons (Fsp3) is 0.147. The molecule has 6 rings (SSSR count). The number of fused-ring (bicyclic) bond motifs is 2. The van der Waals surface area contributed by atoms with Crippen LogP contribution in [0.3, 0.4) is 0 Å². The lowest BCUT2D eigenvalue weighted by atomic mass is 9.70. The first kappa shape index (κ1) is 22.9. The van der Waals surface area contributed by atoms with Gasteiger partial charge >= 0.3 is 0 Å². The summed E-state index contributed by atoms with van der Waals surface area (Å²) in [6.07, 6.45) is 5.41. The molecule has 0 spiro atoms. The maximum atomic E-state index is 11.2. The number of nitrogens with zero attached hydrogens (tertiary/aromatic N) is 3. The van der Waals surface area contributed by atoms with Gasteiger partial charge in [-0.3, -0.25) is 0 Å². The van der Waals surface area contributed by atoms with Gasteiger partial charge in [-0.25, -0.2) is 0 Å². The second-order valence-corrected chi connectivity index (χ2v) is 9.75. The highest BCUT2D eigenvalue weighted by molar-refractivity contribution is 5.93. The molecule has 37 heavy (non-hydrogen) atoms. The van der Waals surface area contributed by atoms with E-state index >= 15 is 0 Å². The van der Waals surface area contributed by atoms with Crippen LogP contribution in [0.15, 0.2) is 116 Å². The van der Waals surface area contributed by atoms with E-state index in [9.17, 15) is 5.26 Å². The van der Waals surface area contributed by atoms with E-state index in [1.54, 1.807) is 0 Å². The molecule has 0 aliphatic heterocycles.